The van der Waals surface area contributed by atoms with Gasteiger partial charge in [0.25, 0.3) is 0 Å². The van der Waals surface area contributed by atoms with Gasteiger partial charge in [-0.15, -0.1) is 29.9 Å². The average Bonchev–Trinajstić information content (AvgIpc) is 2.98. The lowest BCUT2D eigenvalue weighted by Crippen LogP contribution is -2.27. The number of nitrogens with zero attached hydrogens (tertiary/aromatic N) is 3. The lowest BCUT2D eigenvalue weighted by atomic mass is 9.97. The van der Waals surface area contributed by atoms with Crippen LogP contribution >= 0.6 is 0 Å². The molecule has 0 bridgehead atoms. The van der Waals surface area contributed by atoms with Crippen LogP contribution in [0.4, 0.5) is 22.0 Å². The molecule has 142 valence electrons. The Labute approximate surface area is 146 Å². The molecule has 0 aromatic carbocycles. The van der Waals surface area contributed by atoms with Crippen molar-refractivity contribution in [2.45, 2.75) is 31.5 Å². The fourth-order valence-electron chi connectivity index (χ4n) is 2.35. The number of fused-ring (bicyclic) bond motifs is 1. The molecule has 10 heteroatoms. The predicted molar refractivity (Wildman–Crippen MR) is 84.4 cm³/mol. The van der Waals surface area contributed by atoms with E-state index in [2.05, 4.69) is 21.5 Å². The van der Waals surface area contributed by atoms with Crippen LogP contribution in [0.5, 0.6) is 0 Å². The van der Waals surface area contributed by atoms with Crippen LogP contribution in [0.1, 0.15) is 30.7 Å². The van der Waals surface area contributed by atoms with E-state index in [0.29, 0.717) is 5.56 Å². The van der Waals surface area contributed by atoms with Crippen molar-refractivity contribution in [3.05, 3.63) is 54.2 Å². The van der Waals surface area contributed by atoms with Gasteiger partial charge < -0.3 is 10.5 Å². The third kappa shape index (κ3) is 4.57. The lowest BCUT2D eigenvalue weighted by Gasteiger charge is -2.15. The molecule has 0 fully saturated rings. The summed E-state index contributed by atoms with van der Waals surface area (Å²) in [6, 6.07) is 3.10. The third-order valence-electron chi connectivity index (χ3n) is 3.66. The summed E-state index contributed by atoms with van der Waals surface area (Å²) >= 11 is 0. The maximum absolute atomic E-state index is 13.9. The number of allylic oxidation sites excluding steroid dienone is 3. The summed E-state index contributed by atoms with van der Waals surface area (Å²) < 4.78 is 69.2. The Morgan fingerprint density at radius 1 is 1.31 bits per heavy atom. The maximum Gasteiger partial charge on any atom is 0.572 e. The van der Waals surface area contributed by atoms with E-state index in [0.717, 1.165) is 4.40 Å². The molecule has 0 saturated carbocycles. The van der Waals surface area contributed by atoms with Crippen LogP contribution in [-0.4, -0.2) is 27.5 Å². The van der Waals surface area contributed by atoms with Gasteiger partial charge in [-0.05, 0) is 31.1 Å². The molecule has 26 heavy (non-hydrogen) atoms. The maximum atomic E-state index is 13.9. The minimum atomic E-state index is -4.77. The van der Waals surface area contributed by atoms with E-state index < -0.39 is 30.6 Å². The first-order valence-corrected chi connectivity index (χ1v) is 7.55. The monoisotopic (exact) mass is 376 g/mol. The fraction of sp³-hybridized carbons (Fsp3) is 0.375. The molecule has 2 aromatic rings. The summed E-state index contributed by atoms with van der Waals surface area (Å²) in [4.78, 5) is 0. The molecule has 1 unspecified atom stereocenters. The Morgan fingerprint density at radius 3 is 2.58 bits per heavy atom. The van der Waals surface area contributed by atoms with Crippen molar-refractivity contribution in [3.63, 3.8) is 0 Å². The van der Waals surface area contributed by atoms with Gasteiger partial charge in [0, 0.05) is 12.1 Å². The molecule has 0 aliphatic heterocycles. The van der Waals surface area contributed by atoms with E-state index in [1.165, 1.54) is 31.3 Å². The van der Waals surface area contributed by atoms with Gasteiger partial charge in [-0.1, -0.05) is 12.1 Å². The molecule has 2 aromatic heterocycles. The molecule has 2 heterocycles. The number of hydrogen-bond donors (Lipinski definition) is 1. The second kappa shape index (κ2) is 7.40. The highest BCUT2D eigenvalue weighted by Crippen LogP contribution is 2.28. The minimum absolute atomic E-state index is 0.141. The van der Waals surface area contributed by atoms with Gasteiger partial charge in [0.05, 0.1) is 12.3 Å². The summed E-state index contributed by atoms with van der Waals surface area (Å²) in [5.74, 6) is -4.71. The number of aromatic nitrogens is 3. The molecule has 0 spiro atoms. The number of rotatable bonds is 7. The van der Waals surface area contributed by atoms with Crippen molar-refractivity contribution in [3.8, 4) is 0 Å². The molecule has 0 amide bonds. The van der Waals surface area contributed by atoms with Crippen molar-refractivity contribution in [1.82, 2.24) is 14.6 Å². The van der Waals surface area contributed by atoms with Crippen LogP contribution in [0, 0.1) is 0 Å². The van der Waals surface area contributed by atoms with E-state index in [-0.39, 0.29) is 17.8 Å². The molecule has 5 nitrogen and oxygen atoms in total. The number of ether oxygens (including phenoxy) is 1. The molecule has 2 N–H and O–H groups in total. The number of halogens is 5. The number of pyridine rings is 1. The third-order valence-corrected chi connectivity index (χ3v) is 3.66. The second-order valence-corrected chi connectivity index (χ2v) is 5.56. The van der Waals surface area contributed by atoms with Gasteiger partial charge in [0.15, 0.2) is 5.65 Å². The Kier molecular flexibility index (Phi) is 5.65. The summed E-state index contributed by atoms with van der Waals surface area (Å²) in [7, 11) is 0. The zero-order chi connectivity index (χ0) is 19.5. The Hall–Kier alpha value is -2.49. The number of alkyl halides is 5. The van der Waals surface area contributed by atoms with Gasteiger partial charge in [0.1, 0.15) is 0 Å². The van der Waals surface area contributed by atoms with Crippen molar-refractivity contribution >= 4 is 5.65 Å². The van der Waals surface area contributed by atoms with Crippen molar-refractivity contribution in [1.29, 1.82) is 0 Å². The Balaban J connectivity index is 2.31. The zero-order valence-corrected chi connectivity index (χ0v) is 13.8. The van der Waals surface area contributed by atoms with Gasteiger partial charge in [-0.2, -0.15) is 8.78 Å². The van der Waals surface area contributed by atoms with Crippen molar-refractivity contribution in [2.75, 3.05) is 6.54 Å². The van der Waals surface area contributed by atoms with E-state index in [1.807, 2.05) is 0 Å². The SMILES string of the molecule is C=CC(C/C=C(\C)OC(F)(F)F)c1ccc2nnc(C(F)(F)CN)n2c1. The summed E-state index contributed by atoms with van der Waals surface area (Å²) in [6.45, 7) is 3.89. The minimum Gasteiger partial charge on any atom is -0.411 e. The van der Waals surface area contributed by atoms with Crippen LogP contribution < -0.4 is 5.73 Å². The van der Waals surface area contributed by atoms with Crippen molar-refractivity contribution < 1.29 is 26.7 Å². The molecule has 0 saturated heterocycles. The second-order valence-electron chi connectivity index (χ2n) is 5.56. The number of hydrogen-bond acceptors (Lipinski definition) is 4. The number of nitrogens with two attached hydrogens (primary N) is 1. The summed E-state index contributed by atoms with van der Waals surface area (Å²) in [6.07, 6.45) is -0.473. The van der Waals surface area contributed by atoms with E-state index in [1.54, 1.807) is 6.07 Å². The largest absolute Gasteiger partial charge is 0.572 e. The normalized spacial score (nSPS) is 14.5. The topological polar surface area (TPSA) is 65.4 Å². The average molecular weight is 376 g/mol. The predicted octanol–water partition coefficient (Wildman–Crippen LogP) is 3.88. The van der Waals surface area contributed by atoms with Gasteiger partial charge >= 0.3 is 12.3 Å². The summed E-state index contributed by atoms with van der Waals surface area (Å²) in [5, 5.41) is 7.15. The Bertz CT molecular complexity index is 813. The molecular weight excluding hydrogens is 359 g/mol. The first-order valence-electron chi connectivity index (χ1n) is 7.55. The Morgan fingerprint density at radius 2 is 2.00 bits per heavy atom. The fourth-order valence-corrected chi connectivity index (χ4v) is 2.35. The molecule has 2 rings (SSSR count). The highest BCUT2D eigenvalue weighted by molar-refractivity contribution is 5.41. The molecule has 0 radical (unpaired) electrons. The van der Waals surface area contributed by atoms with Crippen LogP contribution in [0.3, 0.4) is 0 Å². The first kappa shape index (κ1) is 19.8. The van der Waals surface area contributed by atoms with Gasteiger partial charge in [-0.3, -0.25) is 4.40 Å². The van der Waals surface area contributed by atoms with E-state index in [9.17, 15) is 22.0 Å². The highest BCUT2D eigenvalue weighted by atomic mass is 19.4. The first-order chi connectivity index (χ1) is 12.1. The van der Waals surface area contributed by atoms with Crippen LogP contribution in [-0.2, 0) is 10.7 Å². The molecule has 0 aliphatic rings. The van der Waals surface area contributed by atoms with Gasteiger partial charge in [-0.25, -0.2) is 0 Å². The smallest absolute Gasteiger partial charge is 0.411 e. The molecular formula is C16H17F5N4O. The summed E-state index contributed by atoms with van der Waals surface area (Å²) in [5.41, 5.74) is 5.84. The van der Waals surface area contributed by atoms with Crippen LogP contribution in [0.2, 0.25) is 0 Å². The van der Waals surface area contributed by atoms with Gasteiger partial charge in [0.2, 0.25) is 5.82 Å². The lowest BCUT2D eigenvalue weighted by molar-refractivity contribution is -0.305. The highest BCUT2D eigenvalue weighted by Gasteiger charge is 2.35. The van der Waals surface area contributed by atoms with Crippen LogP contribution in [0.25, 0.3) is 5.65 Å². The molecule has 0 aliphatic carbocycles. The van der Waals surface area contributed by atoms with E-state index >= 15 is 0 Å². The van der Waals surface area contributed by atoms with Crippen molar-refractivity contribution in [2.24, 2.45) is 5.73 Å². The molecule has 1 atom stereocenters. The van der Waals surface area contributed by atoms with Crippen LogP contribution in [0.15, 0.2) is 42.8 Å². The zero-order valence-electron chi connectivity index (χ0n) is 13.8. The van der Waals surface area contributed by atoms with E-state index in [4.69, 9.17) is 5.73 Å². The standard InChI is InChI=1S/C16H17F5N4O/c1-3-11(5-4-10(2)26-16(19,20)21)12-6-7-13-23-24-14(25(13)8-12)15(17,18)9-22/h3-4,6-8,11H,1,5,9,22H2,2H3/b10-4+. The quantitative estimate of drug-likeness (QED) is 0.453.